The molecule has 82 valence electrons. The van der Waals surface area contributed by atoms with Crippen molar-refractivity contribution in [2.75, 3.05) is 31.5 Å². The van der Waals surface area contributed by atoms with Crippen LogP contribution < -0.4 is 5.32 Å². The molecule has 5 heteroatoms. The molecular weight excluding hydrogens is 256 g/mol. The lowest BCUT2D eigenvalue weighted by atomic mass is 10.4. The van der Waals surface area contributed by atoms with Crippen molar-refractivity contribution in [1.29, 1.82) is 0 Å². The zero-order valence-corrected chi connectivity index (χ0v) is 10.2. The molecule has 4 nitrogen and oxygen atoms in total. The van der Waals surface area contributed by atoms with Gasteiger partial charge in [-0.2, -0.15) is 0 Å². The molecule has 0 amide bonds. The van der Waals surface area contributed by atoms with Crippen LogP contribution in [-0.4, -0.2) is 41.0 Å². The van der Waals surface area contributed by atoms with Crippen LogP contribution in [-0.2, 0) is 0 Å². The highest BCUT2D eigenvalue weighted by molar-refractivity contribution is 9.10. The summed E-state index contributed by atoms with van der Waals surface area (Å²) >= 11 is 3.41. The van der Waals surface area contributed by atoms with Crippen molar-refractivity contribution in [3.63, 3.8) is 0 Å². The van der Waals surface area contributed by atoms with Gasteiger partial charge >= 0.3 is 0 Å². The number of rotatable bonds is 4. The van der Waals surface area contributed by atoms with Gasteiger partial charge in [0, 0.05) is 19.3 Å². The van der Waals surface area contributed by atoms with Gasteiger partial charge in [-0.25, -0.2) is 9.97 Å². The molecule has 0 saturated carbocycles. The molecule has 0 spiro atoms. The van der Waals surface area contributed by atoms with E-state index in [9.17, 15) is 0 Å². The van der Waals surface area contributed by atoms with E-state index in [1.807, 2.05) is 0 Å². The molecule has 15 heavy (non-hydrogen) atoms. The quantitative estimate of drug-likeness (QED) is 0.905. The maximum atomic E-state index is 4.15. The molecule has 2 heterocycles. The van der Waals surface area contributed by atoms with Crippen LogP contribution in [0.4, 0.5) is 5.82 Å². The largest absolute Gasteiger partial charge is 0.368 e. The molecule has 0 aromatic carbocycles. The summed E-state index contributed by atoms with van der Waals surface area (Å²) < 4.78 is 0.923. The number of hydrogen-bond acceptors (Lipinski definition) is 4. The molecule has 0 radical (unpaired) electrons. The fourth-order valence-corrected chi connectivity index (χ4v) is 2.14. The Bertz CT molecular complexity index is 312. The number of nitrogens with one attached hydrogen (secondary N) is 1. The minimum absolute atomic E-state index is 0.879. The molecule has 1 aliphatic rings. The van der Waals surface area contributed by atoms with Crippen molar-refractivity contribution < 1.29 is 0 Å². The second-order valence-electron chi connectivity index (χ2n) is 3.69. The smallest absolute Gasteiger partial charge is 0.143 e. The van der Waals surface area contributed by atoms with Crippen LogP contribution in [0.15, 0.2) is 17.0 Å². The first-order chi connectivity index (χ1) is 7.36. The number of anilines is 1. The molecule has 0 bridgehead atoms. The second-order valence-corrected chi connectivity index (χ2v) is 4.55. The molecule has 1 saturated heterocycles. The molecular formula is C10H15BrN4. The molecule has 2 rings (SSSR count). The van der Waals surface area contributed by atoms with Crippen molar-refractivity contribution in [1.82, 2.24) is 14.9 Å². The number of hydrogen-bond donors (Lipinski definition) is 1. The van der Waals surface area contributed by atoms with Gasteiger partial charge in [0.15, 0.2) is 0 Å². The van der Waals surface area contributed by atoms with E-state index in [1.165, 1.54) is 25.9 Å². The van der Waals surface area contributed by atoms with Crippen LogP contribution in [0.5, 0.6) is 0 Å². The first-order valence-corrected chi connectivity index (χ1v) is 6.07. The first kappa shape index (κ1) is 10.8. The number of nitrogens with zero attached hydrogens (tertiary/aromatic N) is 3. The summed E-state index contributed by atoms with van der Waals surface area (Å²) in [6.07, 6.45) is 6.00. The summed E-state index contributed by atoms with van der Waals surface area (Å²) in [4.78, 5) is 10.6. The number of halogens is 1. The van der Waals surface area contributed by atoms with E-state index in [0.717, 1.165) is 23.4 Å². The Hall–Kier alpha value is -0.680. The molecule has 1 fully saturated rings. The monoisotopic (exact) mass is 270 g/mol. The Labute approximate surface area is 98.2 Å². The Kier molecular flexibility index (Phi) is 3.91. The molecule has 1 aromatic rings. The first-order valence-electron chi connectivity index (χ1n) is 5.28. The van der Waals surface area contributed by atoms with Crippen LogP contribution in [0.2, 0.25) is 0 Å². The predicted octanol–water partition coefficient (Wildman–Crippen LogP) is 1.75. The molecule has 0 atom stereocenters. The summed E-state index contributed by atoms with van der Waals surface area (Å²) in [5.41, 5.74) is 0. The lowest BCUT2D eigenvalue weighted by Crippen LogP contribution is -2.26. The van der Waals surface area contributed by atoms with E-state index in [0.29, 0.717) is 0 Å². The van der Waals surface area contributed by atoms with Crippen molar-refractivity contribution >= 4 is 21.7 Å². The molecule has 1 N–H and O–H groups in total. The van der Waals surface area contributed by atoms with Crippen molar-refractivity contribution in [3.05, 3.63) is 17.0 Å². The van der Waals surface area contributed by atoms with Crippen molar-refractivity contribution in [2.24, 2.45) is 0 Å². The lowest BCUT2D eigenvalue weighted by molar-refractivity contribution is 0.352. The Morgan fingerprint density at radius 2 is 2.20 bits per heavy atom. The van der Waals surface area contributed by atoms with Crippen molar-refractivity contribution in [2.45, 2.75) is 12.8 Å². The van der Waals surface area contributed by atoms with Gasteiger partial charge in [0.25, 0.3) is 0 Å². The van der Waals surface area contributed by atoms with Gasteiger partial charge in [-0.1, -0.05) is 0 Å². The van der Waals surface area contributed by atoms with Gasteiger partial charge in [0.2, 0.25) is 0 Å². The van der Waals surface area contributed by atoms with Gasteiger partial charge in [0.05, 0.1) is 4.47 Å². The van der Waals surface area contributed by atoms with Crippen LogP contribution in [0.1, 0.15) is 12.8 Å². The van der Waals surface area contributed by atoms with E-state index in [1.54, 1.807) is 12.5 Å². The highest BCUT2D eigenvalue weighted by Crippen LogP contribution is 2.16. The minimum atomic E-state index is 0.879. The molecule has 0 aliphatic carbocycles. The van der Waals surface area contributed by atoms with E-state index in [4.69, 9.17) is 0 Å². The average Bonchev–Trinajstić information content (AvgIpc) is 2.74. The summed E-state index contributed by atoms with van der Waals surface area (Å²) in [6.45, 7) is 4.52. The lowest BCUT2D eigenvalue weighted by Gasteiger charge is -2.15. The predicted molar refractivity (Wildman–Crippen MR) is 63.9 cm³/mol. The fraction of sp³-hybridized carbons (Fsp3) is 0.600. The Balaban J connectivity index is 1.75. The summed E-state index contributed by atoms with van der Waals surface area (Å²) in [5, 5.41) is 3.30. The normalized spacial score (nSPS) is 16.9. The number of likely N-dealkylation sites (tertiary alicyclic amines) is 1. The minimum Gasteiger partial charge on any atom is -0.368 e. The van der Waals surface area contributed by atoms with Crippen LogP contribution >= 0.6 is 15.9 Å². The summed E-state index contributed by atoms with van der Waals surface area (Å²) in [5.74, 6) is 0.879. The molecule has 0 unspecified atom stereocenters. The SMILES string of the molecule is Brc1cncnc1NCCN1CCCC1. The zero-order valence-electron chi connectivity index (χ0n) is 8.62. The van der Waals surface area contributed by atoms with E-state index in [-0.39, 0.29) is 0 Å². The number of aromatic nitrogens is 2. The van der Waals surface area contributed by atoms with Gasteiger partial charge in [-0.05, 0) is 41.9 Å². The molecule has 1 aromatic heterocycles. The highest BCUT2D eigenvalue weighted by Gasteiger charge is 2.10. The molecule has 1 aliphatic heterocycles. The van der Waals surface area contributed by atoms with E-state index < -0.39 is 0 Å². The van der Waals surface area contributed by atoms with Gasteiger partial charge in [-0.15, -0.1) is 0 Å². The fourth-order valence-electron chi connectivity index (χ4n) is 1.78. The third-order valence-corrected chi connectivity index (χ3v) is 3.17. The average molecular weight is 271 g/mol. The Morgan fingerprint density at radius 1 is 1.40 bits per heavy atom. The van der Waals surface area contributed by atoms with Gasteiger partial charge in [-0.3, -0.25) is 0 Å². The zero-order chi connectivity index (χ0) is 10.5. The highest BCUT2D eigenvalue weighted by atomic mass is 79.9. The maximum Gasteiger partial charge on any atom is 0.143 e. The topological polar surface area (TPSA) is 41.1 Å². The summed E-state index contributed by atoms with van der Waals surface area (Å²) in [6, 6.07) is 0. The summed E-state index contributed by atoms with van der Waals surface area (Å²) in [7, 11) is 0. The second kappa shape index (κ2) is 5.42. The third kappa shape index (κ3) is 3.14. The van der Waals surface area contributed by atoms with Crippen LogP contribution in [0.3, 0.4) is 0 Å². The van der Waals surface area contributed by atoms with Crippen molar-refractivity contribution in [3.8, 4) is 0 Å². The van der Waals surface area contributed by atoms with Crippen LogP contribution in [0.25, 0.3) is 0 Å². The maximum absolute atomic E-state index is 4.15. The van der Waals surface area contributed by atoms with Gasteiger partial charge in [0.1, 0.15) is 12.1 Å². The van der Waals surface area contributed by atoms with Gasteiger partial charge < -0.3 is 10.2 Å². The standard InChI is InChI=1S/C10H15BrN4/c11-9-7-12-8-14-10(9)13-3-6-15-4-1-2-5-15/h7-8H,1-6H2,(H,12,13,14). The van der Waals surface area contributed by atoms with E-state index in [2.05, 4.69) is 36.1 Å². The Morgan fingerprint density at radius 3 is 2.93 bits per heavy atom. The van der Waals surface area contributed by atoms with E-state index >= 15 is 0 Å². The van der Waals surface area contributed by atoms with Crippen LogP contribution in [0, 0.1) is 0 Å². The third-order valence-electron chi connectivity index (χ3n) is 2.59.